The fraction of sp³-hybridized carbons (Fsp3) is 0.233. The molecule has 5 aromatic rings. The number of nitrogens with zero attached hydrogens (tertiary/aromatic N) is 5. The summed E-state index contributed by atoms with van der Waals surface area (Å²) >= 11 is 0. The number of aromatic nitrogens is 5. The highest BCUT2D eigenvalue weighted by molar-refractivity contribution is 7.92. The van der Waals surface area contributed by atoms with E-state index in [1.165, 1.54) is 10.6 Å². The lowest BCUT2D eigenvalue weighted by Gasteiger charge is -2.27. The van der Waals surface area contributed by atoms with Crippen molar-refractivity contribution in [2.75, 3.05) is 10.6 Å². The van der Waals surface area contributed by atoms with E-state index in [1.807, 2.05) is 61.0 Å². The summed E-state index contributed by atoms with van der Waals surface area (Å²) in [5, 5.41) is 7.71. The highest BCUT2D eigenvalue weighted by atomic mass is 32.2. The van der Waals surface area contributed by atoms with Gasteiger partial charge in [0.15, 0.2) is 5.65 Å². The minimum Gasteiger partial charge on any atom is -0.306 e. The Morgan fingerprint density at radius 2 is 1.74 bits per heavy atom. The van der Waals surface area contributed by atoms with Crippen molar-refractivity contribution in [1.82, 2.24) is 24.7 Å². The number of rotatable bonds is 4. The summed E-state index contributed by atoms with van der Waals surface area (Å²) < 4.78 is 29.8. The van der Waals surface area contributed by atoms with E-state index in [4.69, 9.17) is 0 Å². The fourth-order valence-electron chi connectivity index (χ4n) is 4.30. The first kappa shape index (κ1) is 26.2. The van der Waals surface area contributed by atoms with Crippen molar-refractivity contribution in [3.8, 4) is 17.5 Å². The molecule has 0 fully saturated rings. The molecule has 0 spiro atoms. The zero-order valence-corrected chi connectivity index (χ0v) is 23.6. The maximum absolute atomic E-state index is 13.3. The Morgan fingerprint density at radius 3 is 2.44 bits per heavy atom. The summed E-state index contributed by atoms with van der Waals surface area (Å²) in [5.74, 6) is 6.36. The number of pyridine rings is 1. The smallest absolute Gasteiger partial charge is 0.236 e. The molecule has 198 valence electrons. The summed E-state index contributed by atoms with van der Waals surface area (Å²) in [6, 6.07) is 13.3. The predicted octanol–water partition coefficient (Wildman–Crippen LogP) is 5.56. The first-order valence-electron chi connectivity index (χ1n) is 12.5. The van der Waals surface area contributed by atoms with Crippen LogP contribution in [0.1, 0.15) is 48.7 Å². The minimum absolute atomic E-state index is 0.211. The van der Waals surface area contributed by atoms with Crippen molar-refractivity contribution in [2.24, 2.45) is 0 Å². The lowest BCUT2D eigenvalue weighted by molar-refractivity contribution is 0.589. The van der Waals surface area contributed by atoms with E-state index in [0.717, 1.165) is 39.0 Å². The van der Waals surface area contributed by atoms with Crippen LogP contribution in [0.2, 0.25) is 0 Å². The largest absolute Gasteiger partial charge is 0.306 e. The standard InChI is InChI=1S/C30H30N6O2S/c1-20-7-10-26(12-23(20)9-8-22-11-24-17-33-34-29(24)31-16-22)36(39(6,37)38)28-14-25(30(3,4)5)13-27(15-28)35-18-21(2)32-19-35/h7,10-19H,1-6H3,(H,31,33,34). The van der Waals surface area contributed by atoms with Crippen LogP contribution in [0, 0.1) is 25.7 Å². The van der Waals surface area contributed by atoms with E-state index in [-0.39, 0.29) is 5.41 Å². The molecular formula is C30H30N6O2S. The van der Waals surface area contributed by atoms with Crippen LogP contribution in [-0.4, -0.2) is 39.4 Å². The third-order valence-electron chi connectivity index (χ3n) is 6.43. The van der Waals surface area contributed by atoms with E-state index in [2.05, 4.69) is 58.8 Å². The van der Waals surface area contributed by atoms with Gasteiger partial charge in [0.25, 0.3) is 0 Å². The molecule has 39 heavy (non-hydrogen) atoms. The molecular weight excluding hydrogens is 508 g/mol. The van der Waals surface area contributed by atoms with E-state index in [9.17, 15) is 8.42 Å². The van der Waals surface area contributed by atoms with Crippen LogP contribution in [0.3, 0.4) is 0 Å². The zero-order chi connectivity index (χ0) is 27.9. The van der Waals surface area contributed by atoms with E-state index >= 15 is 0 Å². The summed E-state index contributed by atoms with van der Waals surface area (Å²) in [6.07, 6.45) is 8.27. The highest BCUT2D eigenvalue weighted by Gasteiger charge is 2.24. The summed E-state index contributed by atoms with van der Waals surface area (Å²) in [5.41, 5.74) is 6.67. The van der Waals surface area contributed by atoms with Gasteiger partial charge >= 0.3 is 0 Å². The van der Waals surface area contributed by atoms with Crippen LogP contribution in [0.15, 0.2) is 67.4 Å². The molecule has 2 aromatic carbocycles. The van der Waals surface area contributed by atoms with Crippen LogP contribution in [-0.2, 0) is 15.4 Å². The number of sulfonamides is 1. The number of imidazole rings is 1. The van der Waals surface area contributed by atoms with Gasteiger partial charge in [-0.3, -0.25) is 5.10 Å². The molecule has 5 rings (SSSR count). The molecule has 9 heteroatoms. The van der Waals surface area contributed by atoms with Gasteiger partial charge in [-0.15, -0.1) is 0 Å². The van der Waals surface area contributed by atoms with Crippen LogP contribution >= 0.6 is 0 Å². The third kappa shape index (κ3) is 5.56. The molecule has 3 aromatic heterocycles. The monoisotopic (exact) mass is 538 g/mol. The number of H-pyrrole nitrogens is 1. The van der Waals surface area contributed by atoms with E-state index < -0.39 is 10.0 Å². The van der Waals surface area contributed by atoms with Gasteiger partial charge in [0.1, 0.15) is 0 Å². The van der Waals surface area contributed by atoms with Crippen molar-refractivity contribution < 1.29 is 8.42 Å². The van der Waals surface area contributed by atoms with Crippen LogP contribution in [0.25, 0.3) is 16.7 Å². The number of benzene rings is 2. The maximum Gasteiger partial charge on any atom is 0.236 e. The van der Waals surface area contributed by atoms with Gasteiger partial charge in [-0.05, 0) is 66.8 Å². The van der Waals surface area contributed by atoms with Gasteiger partial charge in [0.2, 0.25) is 10.0 Å². The van der Waals surface area contributed by atoms with E-state index in [1.54, 1.807) is 18.7 Å². The first-order valence-corrected chi connectivity index (χ1v) is 14.3. The maximum atomic E-state index is 13.3. The van der Waals surface area contributed by atoms with Gasteiger partial charge in [-0.25, -0.2) is 22.7 Å². The second-order valence-corrected chi connectivity index (χ2v) is 12.6. The average molecular weight is 539 g/mol. The highest BCUT2D eigenvalue weighted by Crippen LogP contribution is 2.35. The third-order valence-corrected chi connectivity index (χ3v) is 7.52. The number of hydrogen-bond acceptors (Lipinski definition) is 5. The SMILES string of the molecule is Cc1cn(-c2cc(N(c3ccc(C)c(C#Cc4cnc5[nH]ncc5c4)c3)S(C)(=O)=O)cc(C(C)(C)C)c2)cn1. The number of aromatic amines is 1. The number of hydrogen-bond donors (Lipinski definition) is 1. The van der Waals surface area contributed by atoms with Crippen LogP contribution in [0.5, 0.6) is 0 Å². The molecule has 0 bridgehead atoms. The Hall–Kier alpha value is -4.42. The number of aryl methyl sites for hydroxylation is 2. The Morgan fingerprint density at radius 1 is 0.949 bits per heavy atom. The lowest BCUT2D eigenvalue weighted by Crippen LogP contribution is -2.25. The van der Waals surface area contributed by atoms with Gasteiger partial charge < -0.3 is 4.57 Å². The average Bonchev–Trinajstić information content (AvgIpc) is 3.51. The predicted molar refractivity (Wildman–Crippen MR) is 155 cm³/mol. The molecule has 0 amide bonds. The second kappa shape index (κ2) is 9.71. The Bertz CT molecular complexity index is 1870. The van der Waals surface area contributed by atoms with Crippen molar-refractivity contribution in [3.63, 3.8) is 0 Å². The molecule has 0 aliphatic rings. The molecule has 1 N–H and O–H groups in total. The normalized spacial score (nSPS) is 11.8. The molecule has 0 saturated heterocycles. The Balaban J connectivity index is 1.63. The van der Waals surface area contributed by atoms with Gasteiger partial charge in [-0.1, -0.05) is 38.7 Å². The second-order valence-electron chi connectivity index (χ2n) is 10.7. The topological polar surface area (TPSA) is 96.8 Å². The Labute approximate surface area is 228 Å². The number of fused-ring (bicyclic) bond motifs is 1. The summed E-state index contributed by atoms with van der Waals surface area (Å²) in [7, 11) is -3.70. The molecule has 0 saturated carbocycles. The molecule has 0 unspecified atom stereocenters. The van der Waals surface area contributed by atoms with Crippen molar-refractivity contribution in [3.05, 3.63) is 95.3 Å². The van der Waals surface area contributed by atoms with Crippen LogP contribution < -0.4 is 4.31 Å². The zero-order valence-electron chi connectivity index (χ0n) is 22.8. The molecule has 8 nitrogen and oxygen atoms in total. The molecule has 0 atom stereocenters. The Kier molecular flexibility index (Phi) is 6.52. The van der Waals surface area contributed by atoms with E-state index in [0.29, 0.717) is 17.0 Å². The van der Waals surface area contributed by atoms with Crippen molar-refractivity contribution in [2.45, 2.75) is 40.0 Å². The summed E-state index contributed by atoms with van der Waals surface area (Å²) in [4.78, 5) is 8.69. The van der Waals surface area contributed by atoms with Crippen molar-refractivity contribution in [1.29, 1.82) is 0 Å². The summed E-state index contributed by atoms with van der Waals surface area (Å²) in [6.45, 7) is 10.2. The lowest BCUT2D eigenvalue weighted by atomic mass is 9.86. The number of nitrogens with one attached hydrogen (secondary N) is 1. The van der Waals surface area contributed by atoms with Gasteiger partial charge in [-0.2, -0.15) is 5.10 Å². The molecule has 3 heterocycles. The number of anilines is 2. The first-order chi connectivity index (χ1) is 18.4. The molecule has 0 radical (unpaired) electrons. The van der Waals surface area contributed by atoms with Gasteiger partial charge in [0, 0.05) is 34.6 Å². The van der Waals surface area contributed by atoms with Gasteiger partial charge in [0.05, 0.1) is 35.8 Å². The molecule has 0 aliphatic heterocycles. The van der Waals surface area contributed by atoms with Crippen molar-refractivity contribution >= 4 is 32.4 Å². The fourth-order valence-corrected chi connectivity index (χ4v) is 5.29. The minimum atomic E-state index is -3.70. The van der Waals surface area contributed by atoms with Crippen LogP contribution in [0.4, 0.5) is 11.4 Å². The molecule has 0 aliphatic carbocycles. The quantitative estimate of drug-likeness (QED) is 0.303.